The molecule has 0 saturated carbocycles. The predicted molar refractivity (Wildman–Crippen MR) is 117 cm³/mol. The van der Waals surface area contributed by atoms with E-state index in [2.05, 4.69) is 30.9 Å². The van der Waals surface area contributed by atoms with Crippen molar-refractivity contribution in [3.63, 3.8) is 0 Å². The molecule has 10 heteroatoms. The zero-order chi connectivity index (χ0) is 21.4. The molecule has 5 heterocycles. The summed E-state index contributed by atoms with van der Waals surface area (Å²) in [7, 11) is 1.81. The van der Waals surface area contributed by atoms with Crippen LogP contribution in [0.2, 0.25) is 0 Å². The quantitative estimate of drug-likeness (QED) is 0.482. The number of ether oxygens (including phenoxy) is 1. The van der Waals surface area contributed by atoms with Crippen molar-refractivity contribution in [2.75, 3.05) is 45.2 Å². The molecule has 160 valence electrons. The van der Waals surface area contributed by atoms with Crippen molar-refractivity contribution in [1.82, 2.24) is 29.0 Å². The Hall–Kier alpha value is -3.50. The lowest BCUT2D eigenvalue weighted by Gasteiger charge is -2.26. The molecule has 0 spiro atoms. The van der Waals surface area contributed by atoms with Crippen LogP contribution in [-0.2, 0) is 11.3 Å². The van der Waals surface area contributed by atoms with Gasteiger partial charge in [0.25, 0.3) is 5.91 Å². The molecule has 0 bridgehead atoms. The van der Waals surface area contributed by atoms with Gasteiger partial charge in [0.05, 0.1) is 30.8 Å². The highest BCUT2D eigenvalue weighted by Gasteiger charge is 2.19. The van der Waals surface area contributed by atoms with E-state index in [9.17, 15) is 4.79 Å². The molecule has 4 aromatic heterocycles. The molecule has 0 unspecified atom stereocenters. The molecule has 0 radical (unpaired) electrons. The van der Waals surface area contributed by atoms with Crippen molar-refractivity contribution in [1.29, 1.82) is 0 Å². The molecule has 0 atom stereocenters. The molecular formula is C21H24N8O2. The normalized spacial score (nSPS) is 15.0. The van der Waals surface area contributed by atoms with Gasteiger partial charge in [0.1, 0.15) is 11.3 Å². The number of pyridine rings is 1. The number of primary amides is 1. The van der Waals surface area contributed by atoms with Crippen molar-refractivity contribution in [3.8, 4) is 11.3 Å². The third-order valence-electron chi connectivity index (χ3n) is 5.66. The van der Waals surface area contributed by atoms with Gasteiger partial charge < -0.3 is 20.4 Å². The number of hydrogen-bond acceptors (Lipinski definition) is 7. The molecule has 10 nitrogen and oxygen atoms in total. The first-order valence-corrected chi connectivity index (χ1v) is 10.3. The van der Waals surface area contributed by atoms with Gasteiger partial charge >= 0.3 is 0 Å². The van der Waals surface area contributed by atoms with E-state index in [-0.39, 0.29) is 5.69 Å². The van der Waals surface area contributed by atoms with Crippen LogP contribution in [0, 0.1) is 0 Å². The monoisotopic (exact) mass is 420 g/mol. The highest BCUT2D eigenvalue weighted by Crippen LogP contribution is 2.31. The van der Waals surface area contributed by atoms with Crippen LogP contribution in [0.15, 0.2) is 36.8 Å². The van der Waals surface area contributed by atoms with Crippen molar-refractivity contribution in [3.05, 3.63) is 42.5 Å². The van der Waals surface area contributed by atoms with Crippen LogP contribution in [0.1, 0.15) is 10.5 Å². The van der Waals surface area contributed by atoms with Crippen molar-refractivity contribution in [2.45, 2.75) is 6.54 Å². The number of morpholine rings is 1. The van der Waals surface area contributed by atoms with Crippen molar-refractivity contribution < 1.29 is 9.53 Å². The topological polar surface area (TPSA) is 116 Å². The number of amides is 1. The van der Waals surface area contributed by atoms with Gasteiger partial charge in [-0.15, -0.1) is 0 Å². The maximum absolute atomic E-state index is 11.8. The maximum atomic E-state index is 11.8. The lowest BCUT2D eigenvalue weighted by molar-refractivity contribution is 0.0365. The molecule has 1 saturated heterocycles. The van der Waals surface area contributed by atoms with Gasteiger partial charge in [-0.05, 0) is 18.2 Å². The van der Waals surface area contributed by atoms with Crippen LogP contribution >= 0.6 is 0 Å². The molecular weight excluding hydrogens is 396 g/mol. The largest absolute Gasteiger partial charge is 0.385 e. The molecule has 1 amide bonds. The Balaban J connectivity index is 1.59. The third-order valence-corrected chi connectivity index (χ3v) is 5.66. The van der Waals surface area contributed by atoms with Crippen molar-refractivity contribution >= 4 is 28.3 Å². The lowest BCUT2D eigenvalue weighted by Crippen LogP contribution is -2.38. The van der Waals surface area contributed by atoms with Crippen LogP contribution in [0.3, 0.4) is 0 Å². The third kappa shape index (κ3) is 3.49. The van der Waals surface area contributed by atoms with E-state index in [1.807, 2.05) is 25.2 Å². The number of nitrogens with two attached hydrogens (primary N) is 1. The van der Waals surface area contributed by atoms with Crippen LogP contribution < -0.4 is 11.1 Å². The van der Waals surface area contributed by atoms with Gasteiger partial charge in [0, 0.05) is 56.6 Å². The summed E-state index contributed by atoms with van der Waals surface area (Å²) in [5.41, 5.74) is 9.62. The lowest BCUT2D eigenvalue weighted by atomic mass is 10.1. The van der Waals surface area contributed by atoms with E-state index in [0.717, 1.165) is 61.7 Å². The van der Waals surface area contributed by atoms with Crippen molar-refractivity contribution in [2.24, 2.45) is 5.73 Å². The van der Waals surface area contributed by atoms with E-state index >= 15 is 0 Å². The Kier molecular flexibility index (Phi) is 5.00. The first-order chi connectivity index (χ1) is 15.2. The number of nitrogens with zero attached hydrogens (tertiary/aromatic N) is 6. The molecule has 1 fully saturated rings. The number of fused-ring (bicyclic) bond motifs is 2. The van der Waals surface area contributed by atoms with Gasteiger partial charge in [-0.1, -0.05) is 0 Å². The highest BCUT2D eigenvalue weighted by atomic mass is 16.5. The number of hydrogen-bond donors (Lipinski definition) is 2. The summed E-state index contributed by atoms with van der Waals surface area (Å²) in [6.07, 6.45) is 5.32. The zero-order valence-corrected chi connectivity index (χ0v) is 17.3. The molecule has 1 aliphatic rings. The van der Waals surface area contributed by atoms with Gasteiger partial charge in [-0.3, -0.25) is 9.69 Å². The minimum Gasteiger partial charge on any atom is -0.385 e. The summed E-state index contributed by atoms with van der Waals surface area (Å²) in [6.45, 7) is 5.18. The Labute approximate surface area is 178 Å². The predicted octanol–water partition coefficient (Wildman–Crippen LogP) is 1.22. The van der Waals surface area contributed by atoms with E-state index in [0.29, 0.717) is 11.3 Å². The molecule has 4 aromatic rings. The molecule has 5 rings (SSSR count). The average Bonchev–Trinajstić information content (AvgIpc) is 3.39. The van der Waals surface area contributed by atoms with Crippen LogP contribution in [-0.4, -0.2) is 74.9 Å². The molecule has 1 aliphatic heterocycles. The first-order valence-electron chi connectivity index (χ1n) is 10.3. The average molecular weight is 420 g/mol. The highest BCUT2D eigenvalue weighted by molar-refractivity contribution is 5.95. The Morgan fingerprint density at radius 3 is 2.84 bits per heavy atom. The van der Waals surface area contributed by atoms with E-state index in [1.165, 1.54) is 10.7 Å². The van der Waals surface area contributed by atoms with Crippen LogP contribution in [0.25, 0.3) is 27.9 Å². The van der Waals surface area contributed by atoms with Gasteiger partial charge in [0.15, 0.2) is 5.65 Å². The van der Waals surface area contributed by atoms with E-state index in [1.54, 1.807) is 6.20 Å². The second-order valence-electron chi connectivity index (χ2n) is 7.50. The Morgan fingerprint density at radius 2 is 2.06 bits per heavy atom. The number of anilines is 1. The van der Waals surface area contributed by atoms with Gasteiger partial charge in [-0.2, -0.15) is 5.10 Å². The summed E-state index contributed by atoms with van der Waals surface area (Å²) in [5.74, 6) is -0.575. The zero-order valence-electron chi connectivity index (χ0n) is 17.3. The fourth-order valence-corrected chi connectivity index (χ4v) is 4.02. The SMILES string of the molecule is CNc1cc(-c2cn(CCN3CCOCC3)c3ncccc23)nn2c(C(N)=O)cnc12. The van der Waals surface area contributed by atoms with Crippen LogP contribution in [0.5, 0.6) is 0 Å². The van der Waals surface area contributed by atoms with E-state index < -0.39 is 5.91 Å². The van der Waals surface area contributed by atoms with Gasteiger partial charge in [-0.25, -0.2) is 14.5 Å². The summed E-state index contributed by atoms with van der Waals surface area (Å²) in [4.78, 5) is 23.2. The second-order valence-corrected chi connectivity index (χ2v) is 7.50. The summed E-state index contributed by atoms with van der Waals surface area (Å²) in [6, 6.07) is 5.89. The minimum atomic E-state index is -0.575. The second kappa shape index (κ2) is 7.97. The first kappa shape index (κ1) is 19.5. The molecule has 3 N–H and O–H groups in total. The summed E-state index contributed by atoms with van der Waals surface area (Å²) in [5, 5.41) is 8.83. The summed E-state index contributed by atoms with van der Waals surface area (Å²) >= 11 is 0. The van der Waals surface area contributed by atoms with Crippen LogP contribution in [0.4, 0.5) is 5.69 Å². The number of imidazole rings is 1. The number of carbonyl (C=O) groups excluding carboxylic acids is 1. The Bertz CT molecular complexity index is 1260. The maximum Gasteiger partial charge on any atom is 0.269 e. The minimum absolute atomic E-state index is 0.238. The number of carbonyl (C=O) groups is 1. The standard InChI is InChI=1S/C21H24N8O2/c1-23-17-11-16(26-29-18(19(22)30)12-25-21(17)29)15-13-28(20-14(15)3-2-4-24-20)6-5-27-7-9-31-10-8-27/h2-4,11-13,23H,5-10H2,1H3,(H2,22,30). The number of nitrogens with one attached hydrogen (secondary N) is 1. The van der Waals surface area contributed by atoms with E-state index in [4.69, 9.17) is 15.6 Å². The fraction of sp³-hybridized carbons (Fsp3) is 0.333. The number of aromatic nitrogens is 5. The fourth-order valence-electron chi connectivity index (χ4n) is 4.02. The number of rotatable bonds is 6. The Morgan fingerprint density at radius 1 is 1.23 bits per heavy atom. The molecule has 0 aliphatic carbocycles. The molecule has 0 aromatic carbocycles. The smallest absolute Gasteiger partial charge is 0.269 e. The van der Waals surface area contributed by atoms with Gasteiger partial charge in [0.2, 0.25) is 0 Å². The molecule has 31 heavy (non-hydrogen) atoms. The summed E-state index contributed by atoms with van der Waals surface area (Å²) < 4.78 is 9.10.